The number of halogens is 8. The van der Waals surface area contributed by atoms with Crippen molar-refractivity contribution in [2.45, 2.75) is 81.9 Å². The Morgan fingerprint density at radius 3 is 2.15 bits per heavy atom. The van der Waals surface area contributed by atoms with Crippen LogP contribution in [0.15, 0.2) is 42.0 Å². The van der Waals surface area contributed by atoms with Gasteiger partial charge in [-0.25, -0.2) is 4.68 Å². The first-order valence-electron chi connectivity index (χ1n) is 16.1. The number of alkyl halides is 7. The summed E-state index contributed by atoms with van der Waals surface area (Å²) in [5.74, 6) is -12.7. The lowest BCUT2D eigenvalue weighted by Crippen LogP contribution is -2.53. The number of piperidine rings is 1. The van der Waals surface area contributed by atoms with E-state index in [-0.39, 0.29) is 47.1 Å². The Hall–Kier alpha value is -3.23. The van der Waals surface area contributed by atoms with E-state index in [1.54, 1.807) is 26.4 Å². The molecule has 1 atom stereocenters. The number of aryl methyl sites for hydroxylation is 1. The molecule has 14 heteroatoms. The van der Waals surface area contributed by atoms with Crippen LogP contribution < -0.4 is 4.90 Å². The third-order valence-corrected chi connectivity index (χ3v) is 9.83. The molecule has 2 aromatic carbocycles. The average Bonchev–Trinajstić information content (AvgIpc) is 3.28. The molecule has 0 bridgehead atoms. The summed E-state index contributed by atoms with van der Waals surface area (Å²) in [4.78, 5) is 2.06. The molecule has 6 rings (SSSR count). The maximum absolute atomic E-state index is 15.7. The van der Waals surface area contributed by atoms with E-state index in [4.69, 9.17) is 14.2 Å². The van der Waals surface area contributed by atoms with Gasteiger partial charge in [-0.05, 0) is 91.8 Å². The molecule has 2 fully saturated rings. The van der Waals surface area contributed by atoms with Crippen molar-refractivity contribution in [3.05, 3.63) is 64.6 Å². The van der Waals surface area contributed by atoms with Crippen LogP contribution in [0.5, 0.6) is 0 Å². The predicted molar refractivity (Wildman–Crippen MR) is 163 cm³/mol. The first-order valence-corrected chi connectivity index (χ1v) is 16.1. The molecule has 262 valence electrons. The van der Waals surface area contributed by atoms with Crippen LogP contribution in [-0.2, 0) is 20.6 Å². The lowest BCUT2D eigenvalue weighted by molar-refractivity contribution is -0.344. The zero-order valence-electron chi connectivity index (χ0n) is 26.6. The average molecular weight is 688 g/mol. The van der Waals surface area contributed by atoms with E-state index in [0.717, 1.165) is 31.4 Å². The molecule has 0 amide bonds. The molecule has 3 heterocycles. The van der Waals surface area contributed by atoms with E-state index < -0.39 is 47.8 Å². The molecule has 0 radical (unpaired) electrons. The molecular weight excluding hydrogens is 650 g/mol. The van der Waals surface area contributed by atoms with Crippen LogP contribution in [0.4, 0.5) is 40.8 Å². The highest BCUT2D eigenvalue weighted by Gasteiger charge is 2.74. The highest BCUT2D eigenvalue weighted by molar-refractivity contribution is 5.94. The summed E-state index contributed by atoms with van der Waals surface area (Å²) >= 11 is 0. The summed E-state index contributed by atoms with van der Waals surface area (Å²) in [5, 5.41) is 4.06. The fraction of sp³-hybridized carbons (Fsp3) is 0.559. The van der Waals surface area contributed by atoms with Crippen molar-refractivity contribution in [2.24, 2.45) is 5.92 Å². The molecule has 6 nitrogen and oxygen atoms in total. The Kier molecular flexibility index (Phi) is 9.55. The lowest BCUT2D eigenvalue weighted by Gasteiger charge is -2.36. The van der Waals surface area contributed by atoms with Gasteiger partial charge in [-0.2, -0.15) is 35.1 Å². The summed E-state index contributed by atoms with van der Waals surface area (Å²) < 4.78 is 135. The molecule has 0 N–H and O–H groups in total. The SMILES string of the molecule is COC(OC)C1CCN(c2ccc(C3=C(C(F)(F)C(F)(F)C(F)(F)F)CCCc4c3ccc3c4c(F)nn3C3CCCCO3)cc2)CC1. The van der Waals surface area contributed by atoms with Crippen molar-refractivity contribution in [1.29, 1.82) is 0 Å². The first kappa shape index (κ1) is 34.6. The molecule has 3 aliphatic rings. The van der Waals surface area contributed by atoms with Crippen LogP contribution >= 0.6 is 0 Å². The number of fused-ring (bicyclic) bond motifs is 3. The molecule has 1 aliphatic carbocycles. The van der Waals surface area contributed by atoms with E-state index in [2.05, 4.69) is 10.00 Å². The van der Waals surface area contributed by atoms with E-state index >= 15 is 13.2 Å². The maximum atomic E-state index is 15.7. The van der Waals surface area contributed by atoms with Crippen molar-refractivity contribution in [1.82, 2.24) is 9.78 Å². The summed E-state index contributed by atoms with van der Waals surface area (Å²) in [6.45, 7) is 1.71. The number of methoxy groups -OCH3 is 2. The summed E-state index contributed by atoms with van der Waals surface area (Å²) in [5.41, 5.74) is -0.545. The van der Waals surface area contributed by atoms with Gasteiger partial charge < -0.3 is 19.1 Å². The smallest absolute Gasteiger partial charge is 0.372 e. The Balaban J connectivity index is 1.46. The van der Waals surface area contributed by atoms with Crippen molar-refractivity contribution < 1.29 is 49.3 Å². The fourth-order valence-electron chi connectivity index (χ4n) is 7.38. The minimum absolute atomic E-state index is 0.0104. The number of rotatable bonds is 8. The summed E-state index contributed by atoms with van der Waals surface area (Å²) in [7, 11) is 3.14. The van der Waals surface area contributed by atoms with Gasteiger partial charge in [-0.1, -0.05) is 18.2 Å². The molecule has 1 aromatic heterocycles. The number of hydrogen-bond donors (Lipinski definition) is 0. The quantitative estimate of drug-likeness (QED) is 0.175. The van der Waals surface area contributed by atoms with E-state index in [9.17, 15) is 22.0 Å². The molecular formula is C34H37F8N3O3. The Labute approximate surface area is 272 Å². The molecule has 1 unspecified atom stereocenters. The van der Waals surface area contributed by atoms with Crippen molar-refractivity contribution in [3.63, 3.8) is 0 Å². The number of ether oxygens (including phenoxy) is 3. The van der Waals surface area contributed by atoms with E-state index in [0.29, 0.717) is 31.6 Å². The monoisotopic (exact) mass is 687 g/mol. The van der Waals surface area contributed by atoms with Crippen LogP contribution in [0, 0.1) is 11.9 Å². The van der Waals surface area contributed by atoms with Gasteiger partial charge >= 0.3 is 18.0 Å². The second-order valence-corrected chi connectivity index (χ2v) is 12.6. The standard InChI is InChI=1S/C34H37F8N3O3/c1-46-31(47-2)21-15-17-44(18-16-21)22-11-9-20(10-12-22)28-24-13-14-26-29(30(35)43-45(26)27-8-3-4-19-48-27)23(24)6-5-7-25(28)32(36,37)33(38,39)34(40,41)42/h9-14,21,27,31H,3-8,15-19H2,1-2H3. The molecule has 0 spiro atoms. The minimum atomic E-state index is -6.51. The Morgan fingerprint density at radius 2 is 1.54 bits per heavy atom. The first-order chi connectivity index (χ1) is 22.8. The van der Waals surface area contributed by atoms with Crippen LogP contribution in [0.25, 0.3) is 16.5 Å². The Bertz CT molecular complexity index is 1640. The molecule has 3 aromatic rings. The second-order valence-electron chi connectivity index (χ2n) is 12.6. The third kappa shape index (κ3) is 5.97. The van der Waals surface area contributed by atoms with Gasteiger partial charge in [0.15, 0.2) is 12.5 Å². The largest absolute Gasteiger partial charge is 0.460 e. The number of benzene rings is 2. The zero-order chi connectivity index (χ0) is 34.4. The fourth-order valence-corrected chi connectivity index (χ4v) is 7.38. The lowest BCUT2D eigenvalue weighted by atomic mass is 9.85. The van der Waals surface area contributed by atoms with Gasteiger partial charge in [0.05, 0.1) is 10.9 Å². The summed E-state index contributed by atoms with van der Waals surface area (Å²) in [6, 6.07) is 8.98. The van der Waals surface area contributed by atoms with Crippen LogP contribution in [0.2, 0.25) is 0 Å². The van der Waals surface area contributed by atoms with Gasteiger partial charge in [0.2, 0.25) is 5.95 Å². The van der Waals surface area contributed by atoms with Gasteiger partial charge in [0.1, 0.15) is 0 Å². The normalized spacial score (nSPS) is 20.5. The number of allylic oxidation sites excluding steroid dienone is 1. The number of nitrogens with zero attached hydrogens (tertiary/aromatic N) is 3. The van der Waals surface area contributed by atoms with Gasteiger partial charge in [0, 0.05) is 51.1 Å². The number of hydrogen-bond acceptors (Lipinski definition) is 5. The minimum Gasteiger partial charge on any atom is -0.372 e. The maximum Gasteiger partial charge on any atom is 0.460 e. The summed E-state index contributed by atoms with van der Waals surface area (Å²) in [6.07, 6.45) is -4.71. The van der Waals surface area contributed by atoms with Crippen molar-refractivity contribution in [3.8, 4) is 0 Å². The van der Waals surface area contributed by atoms with Crippen LogP contribution in [0.3, 0.4) is 0 Å². The number of aromatic nitrogens is 2. The molecule has 48 heavy (non-hydrogen) atoms. The van der Waals surface area contributed by atoms with E-state index in [1.807, 2.05) is 0 Å². The topological polar surface area (TPSA) is 48.8 Å². The van der Waals surface area contributed by atoms with Gasteiger partial charge in [0.25, 0.3) is 0 Å². The molecule has 0 saturated carbocycles. The van der Waals surface area contributed by atoms with Crippen molar-refractivity contribution in [2.75, 3.05) is 38.8 Å². The highest BCUT2D eigenvalue weighted by atomic mass is 19.4. The van der Waals surface area contributed by atoms with Crippen LogP contribution in [0.1, 0.15) is 67.9 Å². The predicted octanol–water partition coefficient (Wildman–Crippen LogP) is 8.68. The molecule has 2 aliphatic heterocycles. The zero-order valence-corrected chi connectivity index (χ0v) is 26.6. The third-order valence-electron chi connectivity index (χ3n) is 9.83. The van der Waals surface area contributed by atoms with Crippen LogP contribution in [-0.4, -0.2) is 68.0 Å². The van der Waals surface area contributed by atoms with Crippen molar-refractivity contribution >= 4 is 22.2 Å². The molecule has 2 saturated heterocycles. The van der Waals surface area contributed by atoms with Gasteiger partial charge in [-0.3, -0.25) is 0 Å². The number of anilines is 1. The second kappa shape index (κ2) is 13.2. The Morgan fingerprint density at radius 1 is 0.854 bits per heavy atom. The van der Waals surface area contributed by atoms with Gasteiger partial charge in [-0.15, -0.1) is 5.10 Å². The van der Waals surface area contributed by atoms with E-state index in [1.165, 1.54) is 28.9 Å². The highest BCUT2D eigenvalue weighted by Crippen LogP contribution is 2.54.